The molecule has 0 spiro atoms. The zero-order valence-corrected chi connectivity index (χ0v) is 20.8. The molecular formula is C28H46. The van der Waals surface area contributed by atoms with Crippen LogP contribution in [0.2, 0.25) is 0 Å². The van der Waals surface area contributed by atoms with Gasteiger partial charge < -0.3 is 0 Å². The van der Waals surface area contributed by atoms with Gasteiger partial charge in [-0.1, -0.05) is 116 Å². The van der Waals surface area contributed by atoms with Gasteiger partial charge in [-0.15, -0.1) is 0 Å². The summed E-state index contributed by atoms with van der Waals surface area (Å²) in [6.45, 7) is 24.6. The van der Waals surface area contributed by atoms with Crippen molar-refractivity contribution in [1.82, 2.24) is 0 Å². The van der Waals surface area contributed by atoms with Crippen molar-refractivity contribution in [3.8, 4) is 0 Å². The molecule has 3 aromatic rings. The normalized spacial score (nSPS) is 8.00. The summed E-state index contributed by atoms with van der Waals surface area (Å²) in [5.41, 5.74) is 5.47. The molecule has 0 atom stereocenters. The third kappa shape index (κ3) is 11.6. The second-order valence-corrected chi connectivity index (χ2v) is 5.33. The molecule has 0 aliphatic carbocycles. The van der Waals surface area contributed by atoms with Gasteiger partial charge in [0.1, 0.15) is 0 Å². The summed E-state index contributed by atoms with van der Waals surface area (Å²) in [5.74, 6) is 0. The van der Waals surface area contributed by atoms with E-state index in [1.165, 1.54) is 33.0 Å². The molecular weight excluding hydrogens is 336 g/mol. The first-order chi connectivity index (χ1) is 13.6. The summed E-state index contributed by atoms with van der Waals surface area (Å²) >= 11 is 0. The van der Waals surface area contributed by atoms with E-state index in [0.29, 0.717) is 0 Å². The van der Waals surface area contributed by atoms with Gasteiger partial charge in [0.2, 0.25) is 0 Å². The molecule has 0 heterocycles. The fourth-order valence-corrected chi connectivity index (χ4v) is 2.41. The van der Waals surface area contributed by atoms with Crippen LogP contribution in [0.3, 0.4) is 0 Å². The summed E-state index contributed by atoms with van der Waals surface area (Å²) in [6, 6.07) is 21.2. The van der Waals surface area contributed by atoms with Gasteiger partial charge in [0, 0.05) is 0 Å². The van der Waals surface area contributed by atoms with Crippen LogP contribution in [0.25, 0.3) is 10.8 Å². The SMILES string of the molecule is CC.CC.CC.CC.Cc1cccc2cccc(C)c12.Cc1ccccc1C. The Morgan fingerprint density at radius 3 is 0.893 bits per heavy atom. The highest BCUT2D eigenvalue weighted by Crippen LogP contribution is 2.21. The number of fused-ring (bicyclic) bond motifs is 1. The number of aryl methyl sites for hydroxylation is 4. The highest BCUT2D eigenvalue weighted by Gasteiger charge is 1.97. The first kappa shape index (κ1) is 30.6. The summed E-state index contributed by atoms with van der Waals surface area (Å²) < 4.78 is 0. The predicted molar refractivity (Wildman–Crippen MR) is 135 cm³/mol. The first-order valence-corrected chi connectivity index (χ1v) is 11.1. The topological polar surface area (TPSA) is 0 Å². The quantitative estimate of drug-likeness (QED) is 0.363. The molecule has 0 unspecified atom stereocenters. The molecule has 0 fully saturated rings. The molecule has 0 N–H and O–H groups in total. The van der Waals surface area contributed by atoms with Crippen LogP contribution in [0.1, 0.15) is 77.6 Å². The highest BCUT2D eigenvalue weighted by molar-refractivity contribution is 5.88. The summed E-state index contributed by atoms with van der Waals surface area (Å²) in [5, 5.41) is 2.75. The molecule has 0 saturated heterocycles. The van der Waals surface area contributed by atoms with Gasteiger partial charge in [-0.25, -0.2) is 0 Å². The van der Waals surface area contributed by atoms with Crippen LogP contribution in [0.5, 0.6) is 0 Å². The fourth-order valence-electron chi connectivity index (χ4n) is 2.41. The van der Waals surface area contributed by atoms with Crippen LogP contribution in [0.15, 0.2) is 60.7 Å². The van der Waals surface area contributed by atoms with E-state index >= 15 is 0 Å². The van der Waals surface area contributed by atoms with Gasteiger partial charge in [0.05, 0.1) is 0 Å². The van der Waals surface area contributed by atoms with Crippen molar-refractivity contribution in [2.45, 2.75) is 83.1 Å². The molecule has 3 aromatic carbocycles. The molecule has 0 heteroatoms. The number of hydrogen-bond donors (Lipinski definition) is 0. The standard InChI is InChI=1S/C12H12.C8H10.4C2H6/c1-9-5-3-7-11-8-4-6-10(2)12(9)11;1-7-5-3-4-6-8(7)2;4*1-2/h3-8H,1-2H3;3-6H,1-2H3;4*1-2H3. The third-order valence-corrected chi connectivity index (χ3v) is 3.75. The number of benzene rings is 3. The maximum absolute atomic E-state index is 2.16. The minimum Gasteiger partial charge on any atom is -0.0683 e. The average Bonchev–Trinajstić information content (AvgIpc) is 2.77. The average molecular weight is 383 g/mol. The maximum atomic E-state index is 2.16. The van der Waals surface area contributed by atoms with Crippen molar-refractivity contribution in [3.63, 3.8) is 0 Å². The largest absolute Gasteiger partial charge is 0.0683 e. The summed E-state index contributed by atoms with van der Waals surface area (Å²) in [7, 11) is 0. The van der Waals surface area contributed by atoms with Gasteiger partial charge in [-0.3, -0.25) is 0 Å². The Morgan fingerprint density at radius 2 is 0.643 bits per heavy atom. The van der Waals surface area contributed by atoms with Crippen LogP contribution < -0.4 is 0 Å². The lowest BCUT2D eigenvalue weighted by Crippen LogP contribution is -1.81. The lowest BCUT2D eigenvalue weighted by Gasteiger charge is -2.04. The van der Waals surface area contributed by atoms with Crippen molar-refractivity contribution < 1.29 is 0 Å². The van der Waals surface area contributed by atoms with Gasteiger partial charge in [-0.2, -0.15) is 0 Å². The molecule has 3 rings (SSSR count). The van der Waals surface area contributed by atoms with Crippen molar-refractivity contribution in [2.75, 3.05) is 0 Å². The lowest BCUT2D eigenvalue weighted by atomic mass is 10.0. The molecule has 0 aromatic heterocycles. The van der Waals surface area contributed by atoms with Gasteiger partial charge in [0.25, 0.3) is 0 Å². The molecule has 158 valence electrons. The van der Waals surface area contributed by atoms with Crippen LogP contribution >= 0.6 is 0 Å². The molecule has 0 saturated carbocycles. The molecule has 0 nitrogen and oxygen atoms in total. The summed E-state index contributed by atoms with van der Waals surface area (Å²) in [6.07, 6.45) is 0. The zero-order chi connectivity index (χ0) is 22.5. The van der Waals surface area contributed by atoms with E-state index in [0.717, 1.165) is 0 Å². The monoisotopic (exact) mass is 382 g/mol. The van der Waals surface area contributed by atoms with Crippen LogP contribution in [0.4, 0.5) is 0 Å². The number of rotatable bonds is 0. The third-order valence-electron chi connectivity index (χ3n) is 3.75. The lowest BCUT2D eigenvalue weighted by molar-refractivity contribution is 1.34. The Balaban J connectivity index is -0.000000342. The minimum atomic E-state index is 1.34. The van der Waals surface area contributed by atoms with E-state index < -0.39 is 0 Å². The van der Waals surface area contributed by atoms with Gasteiger partial charge in [-0.05, 0) is 60.7 Å². The van der Waals surface area contributed by atoms with Crippen LogP contribution in [0, 0.1) is 27.7 Å². The number of hydrogen-bond acceptors (Lipinski definition) is 0. The summed E-state index contributed by atoms with van der Waals surface area (Å²) in [4.78, 5) is 0. The van der Waals surface area contributed by atoms with Crippen molar-refractivity contribution in [2.24, 2.45) is 0 Å². The molecule has 28 heavy (non-hydrogen) atoms. The smallest absolute Gasteiger partial charge is 0.0125 e. The Kier molecular flexibility index (Phi) is 23.2. The predicted octanol–water partition coefficient (Wildman–Crippen LogP) is 9.86. The van der Waals surface area contributed by atoms with E-state index in [-0.39, 0.29) is 0 Å². The maximum Gasteiger partial charge on any atom is -0.0125 e. The van der Waals surface area contributed by atoms with Gasteiger partial charge >= 0.3 is 0 Å². The van der Waals surface area contributed by atoms with E-state index in [9.17, 15) is 0 Å². The van der Waals surface area contributed by atoms with Crippen molar-refractivity contribution >= 4 is 10.8 Å². The Hall–Kier alpha value is -2.08. The minimum absolute atomic E-state index is 1.34. The zero-order valence-electron chi connectivity index (χ0n) is 20.8. The second-order valence-electron chi connectivity index (χ2n) is 5.33. The molecule has 0 radical (unpaired) electrons. The van der Waals surface area contributed by atoms with Gasteiger partial charge in [0.15, 0.2) is 0 Å². The van der Waals surface area contributed by atoms with E-state index in [2.05, 4.69) is 88.4 Å². The van der Waals surface area contributed by atoms with Crippen LogP contribution in [-0.2, 0) is 0 Å². The first-order valence-electron chi connectivity index (χ1n) is 11.1. The highest BCUT2D eigenvalue weighted by atomic mass is 14.0. The molecule has 0 amide bonds. The molecule has 0 bridgehead atoms. The second kappa shape index (κ2) is 21.2. The molecule has 0 aliphatic rings. The van der Waals surface area contributed by atoms with E-state index in [1.807, 2.05) is 55.4 Å². The fraction of sp³-hybridized carbons (Fsp3) is 0.429. The Labute approximate surface area is 177 Å². The Bertz CT molecular complexity index is 650. The van der Waals surface area contributed by atoms with Crippen molar-refractivity contribution in [1.29, 1.82) is 0 Å². The van der Waals surface area contributed by atoms with Crippen molar-refractivity contribution in [3.05, 3.63) is 82.9 Å². The van der Waals surface area contributed by atoms with Crippen LogP contribution in [-0.4, -0.2) is 0 Å². The molecule has 0 aliphatic heterocycles. The Morgan fingerprint density at radius 1 is 0.357 bits per heavy atom. The van der Waals surface area contributed by atoms with E-state index in [1.54, 1.807) is 0 Å². The van der Waals surface area contributed by atoms with E-state index in [4.69, 9.17) is 0 Å².